The summed E-state index contributed by atoms with van der Waals surface area (Å²) in [5.74, 6) is 0.801. The lowest BCUT2D eigenvalue weighted by Crippen LogP contribution is -2.52. The molecule has 0 atom stereocenters. The second kappa shape index (κ2) is 9.30. The summed E-state index contributed by atoms with van der Waals surface area (Å²) < 4.78 is 0. The quantitative estimate of drug-likeness (QED) is 0.487. The molecule has 0 unspecified atom stereocenters. The number of nitrogen functional groups attached to an aromatic ring is 1. The lowest BCUT2D eigenvalue weighted by molar-refractivity contribution is 0.194. The highest BCUT2D eigenvalue weighted by Crippen LogP contribution is 2.26. The Morgan fingerprint density at radius 2 is 1.79 bits per heavy atom. The average Bonchev–Trinajstić information content (AvgIpc) is 2.87. The Balaban J connectivity index is 1.30. The van der Waals surface area contributed by atoms with E-state index in [0.717, 1.165) is 16.8 Å². The Labute approximate surface area is 197 Å². The standard InChI is InChI=1S/C25H26N8O/c1-17-6-5-7-18(14-17)15-28-25(34)33-12-10-32(11-13-33)23-21-22(30-24(26)31-23)27-16-20(29-21)19-8-3-2-4-9-19/h2-9,14,16H,10-13,15H2,1H3,(H,28,34)(H2,26,27,30,31). The van der Waals surface area contributed by atoms with Crippen molar-refractivity contribution < 1.29 is 4.79 Å². The van der Waals surface area contributed by atoms with E-state index in [1.165, 1.54) is 5.56 Å². The number of nitrogens with two attached hydrogens (primary N) is 1. The fraction of sp³-hybridized carbons (Fsp3) is 0.240. The summed E-state index contributed by atoms with van der Waals surface area (Å²) in [5, 5.41) is 3.02. The van der Waals surface area contributed by atoms with E-state index in [1.54, 1.807) is 6.20 Å². The van der Waals surface area contributed by atoms with Crippen LogP contribution in [0.25, 0.3) is 22.4 Å². The van der Waals surface area contributed by atoms with Gasteiger partial charge in [0.1, 0.15) is 0 Å². The third-order valence-electron chi connectivity index (χ3n) is 5.87. The van der Waals surface area contributed by atoms with Crippen LogP contribution < -0.4 is 16.0 Å². The first-order valence-corrected chi connectivity index (χ1v) is 11.3. The van der Waals surface area contributed by atoms with Crippen molar-refractivity contribution in [2.75, 3.05) is 36.8 Å². The van der Waals surface area contributed by atoms with Gasteiger partial charge < -0.3 is 20.9 Å². The highest BCUT2D eigenvalue weighted by Gasteiger charge is 2.24. The highest BCUT2D eigenvalue weighted by atomic mass is 16.2. The summed E-state index contributed by atoms with van der Waals surface area (Å²) >= 11 is 0. The zero-order valence-corrected chi connectivity index (χ0v) is 19.0. The van der Waals surface area contributed by atoms with Gasteiger partial charge in [-0.25, -0.2) is 14.8 Å². The monoisotopic (exact) mass is 454 g/mol. The summed E-state index contributed by atoms with van der Waals surface area (Å²) in [7, 11) is 0. The van der Waals surface area contributed by atoms with Crippen LogP contribution >= 0.6 is 0 Å². The molecular formula is C25H26N8O. The second-order valence-corrected chi connectivity index (χ2v) is 8.32. The van der Waals surface area contributed by atoms with Crippen LogP contribution in [0.15, 0.2) is 60.8 Å². The number of nitrogens with zero attached hydrogens (tertiary/aromatic N) is 6. The molecule has 4 aromatic rings. The zero-order chi connectivity index (χ0) is 23.5. The number of urea groups is 1. The van der Waals surface area contributed by atoms with Crippen LogP contribution in [-0.4, -0.2) is 57.0 Å². The van der Waals surface area contributed by atoms with Crippen LogP contribution in [0.4, 0.5) is 16.6 Å². The fourth-order valence-electron chi connectivity index (χ4n) is 4.11. The number of carbonyl (C=O) groups is 1. The number of fused-ring (bicyclic) bond motifs is 1. The Kier molecular flexibility index (Phi) is 5.90. The number of hydrogen-bond acceptors (Lipinski definition) is 7. The number of piperazine rings is 1. The van der Waals surface area contributed by atoms with Gasteiger partial charge >= 0.3 is 6.03 Å². The molecule has 9 nitrogen and oxygen atoms in total. The molecule has 1 fully saturated rings. The maximum absolute atomic E-state index is 12.7. The van der Waals surface area contributed by atoms with Gasteiger partial charge in [0.05, 0.1) is 11.9 Å². The van der Waals surface area contributed by atoms with E-state index < -0.39 is 0 Å². The molecule has 1 saturated heterocycles. The fourth-order valence-corrected chi connectivity index (χ4v) is 4.11. The van der Waals surface area contributed by atoms with Crippen LogP contribution in [0.5, 0.6) is 0 Å². The van der Waals surface area contributed by atoms with Crippen molar-refractivity contribution in [1.29, 1.82) is 0 Å². The van der Waals surface area contributed by atoms with Gasteiger partial charge in [0.15, 0.2) is 17.0 Å². The lowest BCUT2D eigenvalue weighted by atomic mass is 10.1. The molecule has 9 heteroatoms. The number of amides is 2. The molecule has 0 saturated carbocycles. The van der Waals surface area contributed by atoms with E-state index in [0.29, 0.717) is 49.7 Å². The van der Waals surface area contributed by atoms with E-state index in [9.17, 15) is 4.79 Å². The van der Waals surface area contributed by atoms with Gasteiger partial charge in [-0.05, 0) is 12.5 Å². The Morgan fingerprint density at radius 1 is 1.00 bits per heavy atom. The molecule has 3 heterocycles. The molecule has 0 spiro atoms. The third-order valence-corrected chi connectivity index (χ3v) is 5.87. The number of aryl methyl sites for hydroxylation is 1. The largest absolute Gasteiger partial charge is 0.368 e. The average molecular weight is 455 g/mol. The first kappa shape index (κ1) is 21.6. The van der Waals surface area contributed by atoms with Crippen LogP contribution in [0, 0.1) is 6.92 Å². The van der Waals surface area contributed by atoms with Crippen molar-refractivity contribution in [3.63, 3.8) is 0 Å². The van der Waals surface area contributed by atoms with Crippen LogP contribution in [-0.2, 0) is 6.54 Å². The molecule has 1 aliphatic rings. The molecule has 3 N–H and O–H groups in total. The van der Waals surface area contributed by atoms with E-state index in [1.807, 2.05) is 60.4 Å². The predicted molar refractivity (Wildman–Crippen MR) is 132 cm³/mol. The SMILES string of the molecule is Cc1cccc(CNC(=O)N2CCN(c3nc(N)nc4ncc(-c5ccccc5)nc34)CC2)c1. The molecule has 5 rings (SSSR count). The Bertz CT molecular complexity index is 1320. The summed E-state index contributed by atoms with van der Waals surface area (Å²) in [6.45, 7) is 4.90. The molecule has 2 aromatic heterocycles. The molecule has 2 amide bonds. The summed E-state index contributed by atoms with van der Waals surface area (Å²) in [6, 6.07) is 17.9. The number of benzene rings is 2. The maximum atomic E-state index is 12.7. The maximum Gasteiger partial charge on any atom is 0.317 e. The highest BCUT2D eigenvalue weighted by molar-refractivity contribution is 5.86. The third kappa shape index (κ3) is 4.59. The number of hydrogen-bond donors (Lipinski definition) is 2. The molecular weight excluding hydrogens is 428 g/mol. The summed E-state index contributed by atoms with van der Waals surface area (Å²) in [6.07, 6.45) is 1.70. The molecule has 0 radical (unpaired) electrons. The van der Waals surface area contributed by atoms with Gasteiger partial charge in [0.25, 0.3) is 0 Å². The van der Waals surface area contributed by atoms with Gasteiger partial charge in [-0.3, -0.25) is 0 Å². The van der Waals surface area contributed by atoms with Gasteiger partial charge in [0, 0.05) is 38.3 Å². The van der Waals surface area contributed by atoms with Crippen molar-refractivity contribution in [2.24, 2.45) is 0 Å². The predicted octanol–water partition coefficient (Wildman–Crippen LogP) is 3.01. The molecule has 172 valence electrons. The van der Waals surface area contributed by atoms with E-state index in [4.69, 9.17) is 10.7 Å². The topological polar surface area (TPSA) is 113 Å². The van der Waals surface area contributed by atoms with Crippen molar-refractivity contribution >= 4 is 29.0 Å². The van der Waals surface area contributed by atoms with Crippen LogP contribution in [0.1, 0.15) is 11.1 Å². The molecule has 0 bridgehead atoms. The van der Waals surface area contributed by atoms with Crippen molar-refractivity contribution in [3.05, 3.63) is 71.9 Å². The molecule has 0 aliphatic carbocycles. The van der Waals surface area contributed by atoms with Crippen molar-refractivity contribution in [1.82, 2.24) is 30.2 Å². The second-order valence-electron chi connectivity index (χ2n) is 8.32. The first-order valence-electron chi connectivity index (χ1n) is 11.3. The Morgan fingerprint density at radius 3 is 2.56 bits per heavy atom. The smallest absolute Gasteiger partial charge is 0.317 e. The minimum atomic E-state index is -0.0700. The summed E-state index contributed by atoms with van der Waals surface area (Å²) in [5.41, 5.74) is 11.0. The molecule has 2 aromatic carbocycles. The van der Waals surface area contributed by atoms with Crippen LogP contribution in [0.3, 0.4) is 0 Å². The lowest BCUT2D eigenvalue weighted by Gasteiger charge is -2.35. The first-order chi connectivity index (χ1) is 16.6. The summed E-state index contributed by atoms with van der Waals surface area (Å²) in [4.78, 5) is 34.6. The minimum Gasteiger partial charge on any atom is -0.368 e. The van der Waals surface area contributed by atoms with Gasteiger partial charge in [-0.15, -0.1) is 0 Å². The number of aromatic nitrogens is 4. The van der Waals surface area contributed by atoms with E-state index >= 15 is 0 Å². The number of anilines is 2. The number of carbonyl (C=O) groups excluding carboxylic acids is 1. The zero-order valence-electron chi connectivity index (χ0n) is 19.0. The van der Waals surface area contributed by atoms with Crippen LogP contribution in [0.2, 0.25) is 0 Å². The minimum absolute atomic E-state index is 0.0700. The van der Waals surface area contributed by atoms with Crippen molar-refractivity contribution in [2.45, 2.75) is 13.5 Å². The van der Waals surface area contributed by atoms with E-state index in [-0.39, 0.29) is 12.0 Å². The molecule has 1 aliphatic heterocycles. The van der Waals surface area contributed by atoms with Gasteiger partial charge in [-0.1, -0.05) is 60.2 Å². The van der Waals surface area contributed by atoms with Crippen molar-refractivity contribution in [3.8, 4) is 11.3 Å². The number of nitrogens with one attached hydrogen (secondary N) is 1. The van der Waals surface area contributed by atoms with Gasteiger partial charge in [-0.2, -0.15) is 9.97 Å². The normalized spacial score (nSPS) is 13.8. The molecule has 34 heavy (non-hydrogen) atoms. The number of rotatable bonds is 4. The van der Waals surface area contributed by atoms with Gasteiger partial charge in [0.2, 0.25) is 5.95 Å². The Hall–Kier alpha value is -4.27. The van der Waals surface area contributed by atoms with E-state index in [2.05, 4.69) is 31.2 Å².